The molecule has 1 fully saturated rings. The van der Waals surface area contributed by atoms with Crippen molar-refractivity contribution >= 4 is 17.2 Å². The number of rotatable bonds is 7. The standard InChI is InChI=1S/C25H31FN4OS/c1-18-21(16-27-29(18)3)17-30-12-10-19(11-13-30)23(15-20-7-4-5-8-22(20)26)28(2)25(31)24-9-6-14-32-24/h4-9,14,16,19,23H,10-13,15,17H2,1-3H3/t23-/m0/s1. The summed E-state index contributed by atoms with van der Waals surface area (Å²) in [7, 11) is 3.84. The zero-order valence-electron chi connectivity index (χ0n) is 19.0. The van der Waals surface area contributed by atoms with Crippen molar-refractivity contribution in [2.75, 3.05) is 20.1 Å². The van der Waals surface area contributed by atoms with Gasteiger partial charge in [0.25, 0.3) is 5.91 Å². The summed E-state index contributed by atoms with van der Waals surface area (Å²) in [6.45, 7) is 4.93. The molecule has 0 spiro atoms. The molecule has 0 aliphatic carbocycles. The lowest BCUT2D eigenvalue weighted by atomic mass is 9.84. The van der Waals surface area contributed by atoms with Gasteiger partial charge in [0.2, 0.25) is 0 Å². The van der Waals surface area contributed by atoms with Crippen molar-refractivity contribution < 1.29 is 9.18 Å². The topological polar surface area (TPSA) is 41.4 Å². The molecule has 0 radical (unpaired) electrons. The third-order valence-electron chi connectivity index (χ3n) is 6.84. The van der Waals surface area contributed by atoms with E-state index in [9.17, 15) is 9.18 Å². The predicted molar refractivity (Wildman–Crippen MR) is 126 cm³/mol. The minimum Gasteiger partial charge on any atom is -0.337 e. The van der Waals surface area contributed by atoms with Crippen LogP contribution < -0.4 is 0 Å². The number of hydrogen-bond acceptors (Lipinski definition) is 4. The van der Waals surface area contributed by atoms with Crippen molar-refractivity contribution in [3.63, 3.8) is 0 Å². The summed E-state index contributed by atoms with van der Waals surface area (Å²) in [4.78, 5) is 18.2. The number of carbonyl (C=O) groups is 1. The first-order valence-electron chi connectivity index (χ1n) is 11.2. The van der Waals surface area contributed by atoms with Crippen LogP contribution in [0.3, 0.4) is 0 Å². The fourth-order valence-corrected chi connectivity index (χ4v) is 5.38. The van der Waals surface area contributed by atoms with Crippen molar-refractivity contribution in [1.82, 2.24) is 19.6 Å². The van der Waals surface area contributed by atoms with Gasteiger partial charge in [-0.3, -0.25) is 14.4 Å². The number of likely N-dealkylation sites (N-methyl/N-ethyl adjacent to an activating group) is 1. The van der Waals surface area contributed by atoms with E-state index in [4.69, 9.17) is 0 Å². The van der Waals surface area contributed by atoms with Crippen LogP contribution in [0, 0.1) is 18.7 Å². The van der Waals surface area contributed by atoms with Crippen LogP contribution in [0.2, 0.25) is 0 Å². The molecule has 0 N–H and O–H groups in total. The first kappa shape index (κ1) is 22.7. The van der Waals surface area contributed by atoms with Gasteiger partial charge in [-0.25, -0.2) is 4.39 Å². The zero-order valence-corrected chi connectivity index (χ0v) is 19.8. The number of piperidine rings is 1. The minimum absolute atomic E-state index is 0.0229. The highest BCUT2D eigenvalue weighted by molar-refractivity contribution is 7.12. The van der Waals surface area contributed by atoms with Gasteiger partial charge < -0.3 is 4.90 Å². The Bertz CT molecular complexity index is 1040. The smallest absolute Gasteiger partial charge is 0.263 e. The molecule has 1 aliphatic heterocycles. The molecule has 0 saturated carbocycles. The van der Waals surface area contributed by atoms with E-state index in [1.807, 2.05) is 59.5 Å². The molecule has 32 heavy (non-hydrogen) atoms. The fraction of sp³-hybridized carbons (Fsp3) is 0.440. The Morgan fingerprint density at radius 2 is 1.97 bits per heavy atom. The molecule has 1 amide bonds. The number of aryl methyl sites for hydroxylation is 1. The van der Waals surface area contributed by atoms with E-state index in [0.717, 1.165) is 37.4 Å². The van der Waals surface area contributed by atoms with Crippen LogP contribution in [-0.4, -0.2) is 51.7 Å². The molecule has 5 nitrogen and oxygen atoms in total. The molecule has 1 atom stereocenters. The average Bonchev–Trinajstić information content (AvgIpc) is 3.45. The lowest BCUT2D eigenvalue weighted by Crippen LogP contribution is -2.47. The molecule has 3 heterocycles. The molecule has 3 aromatic rings. The van der Waals surface area contributed by atoms with E-state index in [1.54, 1.807) is 6.07 Å². The van der Waals surface area contributed by atoms with E-state index < -0.39 is 0 Å². The molecule has 2 aromatic heterocycles. The molecule has 170 valence electrons. The Kier molecular flexibility index (Phi) is 7.06. The van der Waals surface area contributed by atoms with E-state index in [2.05, 4.69) is 16.9 Å². The van der Waals surface area contributed by atoms with Gasteiger partial charge in [-0.2, -0.15) is 5.10 Å². The number of aromatic nitrogens is 2. The van der Waals surface area contributed by atoms with E-state index in [1.165, 1.54) is 28.7 Å². The van der Waals surface area contributed by atoms with E-state index in [0.29, 0.717) is 17.9 Å². The zero-order chi connectivity index (χ0) is 22.7. The third kappa shape index (κ3) is 4.94. The lowest BCUT2D eigenvalue weighted by Gasteiger charge is -2.40. The van der Waals surface area contributed by atoms with Gasteiger partial charge in [-0.05, 0) is 68.3 Å². The Balaban J connectivity index is 1.48. The highest BCUT2D eigenvalue weighted by Gasteiger charge is 2.33. The van der Waals surface area contributed by atoms with Crippen LogP contribution in [0.5, 0.6) is 0 Å². The van der Waals surface area contributed by atoms with Gasteiger partial charge >= 0.3 is 0 Å². The second-order valence-electron chi connectivity index (χ2n) is 8.75. The van der Waals surface area contributed by atoms with Crippen LogP contribution in [0.25, 0.3) is 0 Å². The highest BCUT2D eigenvalue weighted by Crippen LogP contribution is 2.29. The molecular weight excluding hydrogens is 423 g/mol. The average molecular weight is 455 g/mol. The third-order valence-corrected chi connectivity index (χ3v) is 7.70. The van der Waals surface area contributed by atoms with Gasteiger partial charge in [0, 0.05) is 37.9 Å². The summed E-state index contributed by atoms with van der Waals surface area (Å²) in [6, 6.07) is 10.7. The molecule has 4 rings (SSSR count). The van der Waals surface area contributed by atoms with Crippen molar-refractivity contribution in [3.05, 3.63) is 75.5 Å². The maximum absolute atomic E-state index is 14.5. The fourth-order valence-electron chi connectivity index (χ4n) is 4.67. The van der Waals surface area contributed by atoms with E-state index >= 15 is 0 Å². The number of hydrogen-bond donors (Lipinski definition) is 0. The number of nitrogens with zero attached hydrogens (tertiary/aromatic N) is 4. The second-order valence-corrected chi connectivity index (χ2v) is 9.70. The van der Waals surface area contributed by atoms with Crippen LogP contribution in [-0.2, 0) is 20.0 Å². The molecular formula is C25H31FN4OS. The summed E-state index contributed by atoms with van der Waals surface area (Å²) >= 11 is 1.46. The SMILES string of the molecule is Cc1c(CN2CCC([C@H](Cc3ccccc3F)N(C)C(=O)c3cccs3)CC2)cnn1C. The molecule has 7 heteroatoms. The predicted octanol–water partition coefficient (Wildman–Crippen LogP) is 4.52. The van der Waals surface area contributed by atoms with Crippen LogP contribution in [0.1, 0.15) is 39.3 Å². The number of carbonyl (C=O) groups excluding carboxylic acids is 1. The first-order valence-corrected chi connectivity index (χ1v) is 12.1. The van der Waals surface area contributed by atoms with Crippen LogP contribution >= 0.6 is 11.3 Å². The van der Waals surface area contributed by atoms with Crippen LogP contribution in [0.4, 0.5) is 4.39 Å². The summed E-state index contributed by atoms with van der Waals surface area (Å²) < 4.78 is 16.4. The van der Waals surface area contributed by atoms with Gasteiger partial charge in [0.1, 0.15) is 5.82 Å². The Morgan fingerprint density at radius 3 is 2.59 bits per heavy atom. The number of halogens is 1. The number of likely N-dealkylation sites (tertiary alicyclic amines) is 1. The van der Waals surface area contributed by atoms with Crippen molar-refractivity contribution in [1.29, 1.82) is 0 Å². The Labute approximate surface area is 193 Å². The first-order chi connectivity index (χ1) is 15.4. The van der Waals surface area contributed by atoms with Gasteiger partial charge in [-0.1, -0.05) is 24.3 Å². The largest absolute Gasteiger partial charge is 0.337 e. The maximum atomic E-state index is 14.5. The van der Waals surface area contributed by atoms with Crippen molar-refractivity contribution in [2.45, 2.75) is 38.8 Å². The summed E-state index contributed by atoms with van der Waals surface area (Å²) in [5, 5.41) is 6.28. The summed E-state index contributed by atoms with van der Waals surface area (Å²) in [5.74, 6) is 0.156. The van der Waals surface area contributed by atoms with Gasteiger partial charge in [0.05, 0.1) is 11.1 Å². The lowest BCUT2D eigenvalue weighted by molar-refractivity contribution is 0.0587. The van der Waals surface area contributed by atoms with Crippen molar-refractivity contribution in [3.8, 4) is 0 Å². The quantitative estimate of drug-likeness (QED) is 0.527. The van der Waals surface area contributed by atoms with E-state index in [-0.39, 0.29) is 17.8 Å². The molecule has 0 bridgehead atoms. The van der Waals surface area contributed by atoms with Gasteiger partial charge in [0.15, 0.2) is 0 Å². The maximum Gasteiger partial charge on any atom is 0.263 e. The molecule has 1 aliphatic rings. The number of amides is 1. The Morgan fingerprint density at radius 1 is 1.22 bits per heavy atom. The monoisotopic (exact) mass is 454 g/mol. The summed E-state index contributed by atoms with van der Waals surface area (Å²) in [6.07, 6.45) is 4.46. The number of thiophene rings is 1. The van der Waals surface area contributed by atoms with Crippen LogP contribution in [0.15, 0.2) is 48.0 Å². The minimum atomic E-state index is -0.195. The highest BCUT2D eigenvalue weighted by atomic mass is 32.1. The molecule has 0 unspecified atom stereocenters. The Hall–Kier alpha value is -2.51. The number of benzene rings is 1. The van der Waals surface area contributed by atoms with Crippen molar-refractivity contribution in [2.24, 2.45) is 13.0 Å². The molecule has 1 aromatic carbocycles. The normalized spacial score (nSPS) is 16.2. The van der Waals surface area contributed by atoms with Gasteiger partial charge in [-0.15, -0.1) is 11.3 Å². The molecule has 1 saturated heterocycles. The second kappa shape index (κ2) is 9.96. The summed E-state index contributed by atoms with van der Waals surface area (Å²) in [5.41, 5.74) is 3.14.